The summed E-state index contributed by atoms with van der Waals surface area (Å²) in [6.07, 6.45) is 5.29. The van der Waals surface area contributed by atoms with E-state index in [-0.39, 0.29) is 0 Å². The molecule has 0 saturated heterocycles. The van der Waals surface area contributed by atoms with Crippen LogP contribution in [0.4, 0.5) is 5.82 Å². The second-order valence-electron chi connectivity index (χ2n) is 5.06. The molecule has 0 bridgehead atoms. The molecule has 0 aliphatic heterocycles. The van der Waals surface area contributed by atoms with Gasteiger partial charge in [-0.3, -0.25) is 4.98 Å². The summed E-state index contributed by atoms with van der Waals surface area (Å²) in [6, 6.07) is 8.31. The number of hydrogen-bond donors (Lipinski definition) is 2. The van der Waals surface area contributed by atoms with E-state index in [2.05, 4.69) is 15.3 Å². The fourth-order valence-corrected chi connectivity index (χ4v) is 2.59. The fraction of sp³-hybridized carbons (Fsp3) is 0.429. The molecule has 1 heterocycles. The van der Waals surface area contributed by atoms with Gasteiger partial charge >= 0.3 is 0 Å². The Labute approximate surface area is 107 Å². The predicted octanol–water partition coefficient (Wildman–Crippen LogP) is 2.17. The number of para-hydroxylation sites is 2. The van der Waals surface area contributed by atoms with Gasteiger partial charge in [-0.2, -0.15) is 0 Å². The zero-order valence-corrected chi connectivity index (χ0v) is 10.3. The summed E-state index contributed by atoms with van der Waals surface area (Å²) in [5, 5.41) is 3.37. The second kappa shape index (κ2) is 4.90. The van der Waals surface area contributed by atoms with E-state index >= 15 is 0 Å². The summed E-state index contributed by atoms with van der Waals surface area (Å²) in [6.45, 7) is 0.945. The third-order valence-corrected chi connectivity index (χ3v) is 3.60. The predicted molar refractivity (Wildman–Crippen MR) is 73.3 cm³/mol. The number of benzene rings is 1. The minimum absolute atomic E-state index is 0.388. The highest BCUT2D eigenvalue weighted by Gasteiger charge is 2.21. The molecule has 2 unspecified atom stereocenters. The van der Waals surface area contributed by atoms with Crippen LogP contribution in [0.5, 0.6) is 0 Å². The maximum Gasteiger partial charge on any atom is 0.145 e. The number of nitrogens with two attached hydrogens (primary N) is 1. The maximum absolute atomic E-state index is 5.91. The third kappa shape index (κ3) is 2.43. The molecule has 94 valence electrons. The summed E-state index contributed by atoms with van der Waals surface area (Å²) >= 11 is 0. The minimum atomic E-state index is 0.388. The molecule has 18 heavy (non-hydrogen) atoms. The van der Waals surface area contributed by atoms with Crippen molar-refractivity contribution in [1.82, 2.24) is 9.97 Å². The third-order valence-electron chi connectivity index (χ3n) is 3.60. The molecule has 1 aliphatic carbocycles. The van der Waals surface area contributed by atoms with E-state index in [9.17, 15) is 0 Å². The van der Waals surface area contributed by atoms with Crippen molar-refractivity contribution in [2.45, 2.75) is 25.3 Å². The zero-order valence-electron chi connectivity index (χ0n) is 10.3. The van der Waals surface area contributed by atoms with Crippen molar-refractivity contribution in [3.63, 3.8) is 0 Å². The minimum Gasteiger partial charge on any atom is -0.368 e. The topological polar surface area (TPSA) is 63.8 Å². The summed E-state index contributed by atoms with van der Waals surface area (Å²) in [7, 11) is 0. The molecule has 1 aromatic carbocycles. The lowest BCUT2D eigenvalue weighted by Crippen LogP contribution is -2.18. The van der Waals surface area contributed by atoms with Crippen molar-refractivity contribution in [3.8, 4) is 0 Å². The molecular weight excluding hydrogens is 224 g/mol. The first-order chi connectivity index (χ1) is 8.81. The van der Waals surface area contributed by atoms with Gasteiger partial charge in [-0.15, -0.1) is 0 Å². The van der Waals surface area contributed by atoms with Crippen LogP contribution in [0.25, 0.3) is 11.0 Å². The first-order valence-electron chi connectivity index (χ1n) is 6.52. The smallest absolute Gasteiger partial charge is 0.145 e. The van der Waals surface area contributed by atoms with Gasteiger partial charge in [0.2, 0.25) is 0 Å². The Morgan fingerprint density at radius 2 is 2.06 bits per heavy atom. The Kier molecular flexibility index (Phi) is 3.11. The molecule has 1 fully saturated rings. The van der Waals surface area contributed by atoms with Gasteiger partial charge in [-0.25, -0.2) is 4.98 Å². The molecule has 1 aromatic heterocycles. The van der Waals surface area contributed by atoms with Crippen LogP contribution in [0.2, 0.25) is 0 Å². The van der Waals surface area contributed by atoms with E-state index in [0.717, 1.165) is 36.2 Å². The van der Waals surface area contributed by atoms with Crippen LogP contribution >= 0.6 is 0 Å². The molecule has 4 heteroatoms. The van der Waals surface area contributed by atoms with E-state index in [0.29, 0.717) is 12.0 Å². The lowest BCUT2D eigenvalue weighted by molar-refractivity contribution is 0.565. The summed E-state index contributed by atoms with van der Waals surface area (Å²) in [5.74, 6) is 1.53. The van der Waals surface area contributed by atoms with Gasteiger partial charge in [-0.1, -0.05) is 12.1 Å². The van der Waals surface area contributed by atoms with E-state index in [1.165, 1.54) is 6.42 Å². The van der Waals surface area contributed by atoms with E-state index in [4.69, 9.17) is 5.73 Å². The standard InChI is InChI=1S/C14H18N4/c15-11-6-5-10(7-11)8-17-14-9-16-12-3-1-2-4-13(12)18-14/h1-4,9-11H,5-8,15H2,(H,17,18). The molecule has 1 aliphatic rings. The maximum atomic E-state index is 5.91. The van der Waals surface area contributed by atoms with Crippen LogP contribution in [0, 0.1) is 5.92 Å². The zero-order chi connectivity index (χ0) is 12.4. The first kappa shape index (κ1) is 11.4. The molecule has 1 saturated carbocycles. The largest absolute Gasteiger partial charge is 0.368 e. The number of hydrogen-bond acceptors (Lipinski definition) is 4. The van der Waals surface area contributed by atoms with Gasteiger partial charge in [0.1, 0.15) is 5.82 Å². The number of fused-ring (bicyclic) bond motifs is 1. The van der Waals surface area contributed by atoms with Crippen LogP contribution < -0.4 is 11.1 Å². The Hall–Kier alpha value is -1.68. The number of nitrogens with zero attached hydrogens (tertiary/aromatic N) is 2. The van der Waals surface area contributed by atoms with Crippen LogP contribution in [0.15, 0.2) is 30.5 Å². The van der Waals surface area contributed by atoms with Crippen molar-refractivity contribution in [3.05, 3.63) is 30.5 Å². The van der Waals surface area contributed by atoms with Crippen molar-refractivity contribution in [1.29, 1.82) is 0 Å². The van der Waals surface area contributed by atoms with E-state index in [1.807, 2.05) is 24.3 Å². The quantitative estimate of drug-likeness (QED) is 0.865. The lowest BCUT2D eigenvalue weighted by Gasteiger charge is -2.11. The highest BCUT2D eigenvalue weighted by molar-refractivity contribution is 5.75. The first-order valence-corrected chi connectivity index (χ1v) is 6.52. The molecule has 0 amide bonds. The van der Waals surface area contributed by atoms with E-state index in [1.54, 1.807) is 6.20 Å². The molecule has 4 nitrogen and oxygen atoms in total. The Morgan fingerprint density at radius 3 is 2.83 bits per heavy atom. The normalized spacial score (nSPS) is 23.4. The second-order valence-corrected chi connectivity index (χ2v) is 5.06. The summed E-state index contributed by atoms with van der Waals surface area (Å²) in [4.78, 5) is 8.94. The fourth-order valence-electron chi connectivity index (χ4n) is 2.59. The molecule has 0 spiro atoms. The molecule has 3 N–H and O–H groups in total. The number of aromatic nitrogens is 2. The SMILES string of the molecule is NC1CCC(CNc2cnc3ccccc3n2)C1. The molecular formula is C14H18N4. The lowest BCUT2D eigenvalue weighted by atomic mass is 10.1. The molecule has 2 atom stereocenters. The van der Waals surface area contributed by atoms with Gasteiger partial charge in [0.05, 0.1) is 17.2 Å². The van der Waals surface area contributed by atoms with Crippen LogP contribution in [0.3, 0.4) is 0 Å². The van der Waals surface area contributed by atoms with E-state index < -0.39 is 0 Å². The van der Waals surface area contributed by atoms with Gasteiger partial charge < -0.3 is 11.1 Å². The number of anilines is 1. The van der Waals surface area contributed by atoms with Crippen molar-refractivity contribution < 1.29 is 0 Å². The summed E-state index contributed by atoms with van der Waals surface area (Å²) in [5.41, 5.74) is 7.78. The van der Waals surface area contributed by atoms with Crippen LogP contribution in [-0.2, 0) is 0 Å². The van der Waals surface area contributed by atoms with Gasteiger partial charge in [0.15, 0.2) is 0 Å². The summed E-state index contributed by atoms with van der Waals surface area (Å²) < 4.78 is 0. The number of rotatable bonds is 3. The molecule has 0 radical (unpaired) electrons. The highest BCUT2D eigenvalue weighted by atomic mass is 15.0. The van der Waals surface area contributed by atoms with Crippen LogP contribution in [-0.4, -0.2) is 22.6 Å². The van der Waals surface area contributed by atoms with Gasteiger partial charge in [0.25, 0.3) is 0 Å². The van der Waals surface area contributed by atoms with Crippen molar-refractivity contribution in [2.75, 3.05) is 11.9 Å². The Bertz CT molecular complexity index is 540. The number of nitrogens with one attached hydrogen (secondary N) is 1. The van der Waals surface area contributed by atoms with Crippen LogP contribution in [0.1, 0.15) is 19.3 Å². The van der Waals surface area contributed by atoms with Gasteiger partial charge in [0, 0.05) is 12.6 Å². The average Bonchev–Trinajstić information content (AvgIpc) is 2.82. The monoisotopic (exact) mass is 242 g/mol. The Morgan fingerprint density at radius 1 is 1.22 bits per heavy atom. The van der Waals surface area contributed by atoms with Gasteiger partial charge in [-0.05, 0) is 37.3 Å². The molecule has 2 aromatic rings. The Balaban J connectivity index is 1.67. The average molecular weight is 242 g/mol. The van der Waals surface area contributed by atoms with Crippen molar-refractivity contribution >= 4 is 16.9 Å². The highest BCUT2D eigenvalue weighted by Crippen LogP contribution is 2.24. The van der Waals surface area contributed by atoms with Crippen molar-refractivity contribution in [2.24, 2.45) is 11.7 Å². The molecule has 3 rings (SSSR count).